The van der Waals surface area contributed by atoms with E-state index in [-0.39, 0.29) is 11.4 Å². The molecule has 138 valence electrons. The summed E-state index contributed by atoms with van der Waals surface area (Å²) < 4.78 is 40.0. The van der Waals surface area contributed by atoms with E-state index in [0.717, 1.165) is 17.8 Å². The number of nitro benzene ring substituents is 1. The van der Waals surface area contributed by atoms with Crippen LogP contribution < -0.4 is 9.80 Å². The molecule has 3 rings (SSSR count). The number of hydrogen-bond acceptors (Lipinski definition) is 5. The lowest BCUT2D eigenvalue weighted by atomic mass is 10.1. The Balaban J connectivity index is 1.80. The zero-order valence-corrected chi connectivity index (χ0v) is 13.6. The van der Waals surface area contributed by atoms with Gasteiger partial charge in [0.05, 0.1) is 10.5 Å². The van der Waals surface area contributed by atoms with Crippen LogP contribution in [0.2, 0.25) is 0 Å². The minimum absolute atomic E-state index is 0.0477. The van der Waals surface area contributed by atoms with E-state index in [1.165, 1.54) is 0 Å². The molecule has 6 nitrogen and oxygen atoms in total. The number of nitro groups is 1. The summed E-state index contributed by atoms with van der Waals surface area (Å²) in [5.41, 5.74) is -0.746. The number of alkyl halides is 3. The molecule has 1 heterocycles. The van der Waals surface area contributed by atoms with Crippen molar-refractivity contribution in [3.05, 3.63) is 58.1 Å². The fourth-order valence-corrected chi connectivity index (χ4v) is 3.01. The number of phenolic OH excluding ortho intramolecular Hbond substituents is 1. The van der Waals surface area contributed by atoms with Crippen LogP contribution in [-0.2, 0) is 6.18 Å². The summed E-state index contributed by atoms with van der Waals surface area (Å²) in [6, 6.07) is 9.45. The Hall–Kier alpha value is -2.97. The molecule has 1 aliphatic rings. The molecule has 9 heteroatoms. The van der Waals surface area contributed by atoms with Crippen LogP contribution in [-0.4, -0.2) is 36.2 Å². The molecule has 0 unspecified atom stereocenters. The molecule has 0 saturated carbocycles. The molecule has 1 fully saturated rings. The lowest BCUT2D eigenvalue weighted by Gasteiger charge is -2.38. The van der Waals surface area contributed by atoms with Gasteiger partial charge in [0.1, 0.15) is 5.75 Å². The second-order valence-electron chi connectivity index (χ2n) is 5.95. The molecule has 1 aliphatic heterocycles. The predicted octanol–water partition coefficient (Wildman–Crippen LogP) is 3.65. The number of nitrogens with zero attached hydrogens (tertiary/aromatic N) is 3. The smallest absolute Gasteiger partial charge is 0.418 e. The average molecular weight is 367 g/mol. The highest BCUT2D eigenvalue weighted by Gasteiger charge is 2.37. The topological polar surface area (TPSA) is 69.9 Å². The molecule has 0 aromatic heterocycles. The van der Waals surface area contributed by atoms with E-state index in [1.807, 2.05) is 4.90 Å². The third-order valence-corrected chi connectivity index (χ3v) is 4.33. The van der Waals surface area contributed by atoms with Gasteiger partial charge in [0, 0.05) is 49.7 Å². The predicted molar refractivity (Wildman–Crippen MR) is 90.6 cm³/mol. The zero-order valence-electron chi connectivity index (χ0n) is 13.6. The number of non-ortho nitro benzene ring substituents is 1. The van der Waals surface area contributed by atoms with Gasteiger partial charge in [-0.3, -0.25) is 10.1 Å². The maximum absolute atomic E-state index is 13.3. The van der Waals surface area contributed by atoms with Crippen molar-refractivity contribution in [1.29, 1.82) is 0 Å². The minimum atomic E-state index is -4.67. The fraction of sp³-hybridized carbons (Fsp3) is 0.294. The quantitative estimate of drug-likeness (QED) is 0.662. The van der Waals surface area contributed by atoms with Crippen LogP contribution in [0.4, 0.5) is 30.2 Å². The maximum Gasteiger partial charge on any atom is 0.418 e. The molecule has 0 radical (unpaired) electrons. The Labute approximate surface area is 147 Å². The molecule has 1 saturated heterocycles. The summed E-state index contributed by atoms with van der Waals surface area (Å²) in [5.74, 6) is 0.146. The van der Waals surface area contributed by atoms with Crippen molar-refractivity contribution >= 4 is 17.1 Å². The molecule has 2 aromatic carbocycles. The number of rotatable bonds is 3. The number of aromatic hydroxyl groups is 1. The zero-order chi connectivity index (χ0) is 18.9. The van der Waals surface area contributed by atoms with Gasteiger partial charge in [-0.25, -0.2) is 0 Å². The van der Waals surface area contributed by atoms with E-state index in [0.29, 0.717) is 32.2 Å². The van der Waals surface area contributed by atoms with Crippen molar-refractivity contribution < 1.29 is 23.2 Å². The van der Waals surface area contributed by atoms with Crippen molar-refractivity contribution in [2.75, 3.05) is 36.0 Å². The first-order chi connectivity index (χ1) is 12.3. The van der Waals surface area contributed by atoms with Crippen LogP contribution in [0.3, 0.4) is 0 Å². The Morgan fingerprint density at radius 2 is 1.54 bits per heavy atom. The van der Waals surface area contributed by atoms with Crippen LogP contribution in [0.1, 0.15) is 5.56 Å². The Kier molecular flexibility index (Phi) is 4.62. The minimum Gasteiger partial charge on any atom is -0.508 e. The molecule has 26 heavy (non-hydrogen) atoms. The molecule has 0 spiro atoms. The Bertz CT molecular complexity index is 801. The number of phenols is 1. The maximum atomic E-state index is 13.3. The van der Waals surface area contributed by atoms with Crippen molar-refractivity contribution in [2.24, 2.45) is 0 Å². The highest BCUT2D eigenvalue weighted by Crippen LogP contribution is 2.39. The van der Waals surface area contributed by atoms with Crippen molar-refractivity contribution in [2.45, 2.75) is 6.18 Å². The lowest BCUT2D eigenvalue weighted by Crippen LogP contribution is -2.47. The highest BCUT2D eigenvalue weighted by atomic mass is 19.4. The van der Waals surface area contributed by atoms with E-state index < -0.39 is 22.4 Å². The van der Waals surface area contributed by atoms with Gasteiger partial charge in [0.15, 0.2) is 0 Å². The summed E-state index contributed by atoms with van der Waals surface area (Å²) in [5, 5.41) is 20.1. The number of halogens is 3. The van der Waals surface area contributed by atoms with Crippen LogP contribution in [0, 0.1) is 10.1 Å². The largest absolute Gasteiger partial charge is 0.508 e. The summed E-state index contributed by atoms with van der Waals surface area (Å²) >= 11 is 0. The van der Waals surface area contributed by atoms with Gasteiger partial charge in [-0.15, -0.1) is 0 Å². The van der Waals surface area contributed by atoms with Crippen LogP contribution >= 0.6 is 0 Å². The Morgan fingerprint density at radius 1 is 0.962 bits per heavy atom. The number of benzene rings is 2. The van der Waals surface area contributed by atoms with Crippen LogP contribution in [0.5, 0.6) is 5.75 Å². The number of hydrogen-bond donors (Lipinski definition) is 1. The second-order valence-corrected chi connectivity index (χ2v) is 5.95. The molecular weight excluding hydrogens is 351 g/mol. The van der Waals surface area contributed by atoms with E-state index in [4.69, 9.17) is 0 Å². The van der Waals surface area contributed by atoms with Gasteiger partial charge in [-0.05, 0) is 30.3 Å². The first-order valence-corrected chi connectivity index (χ1v) is 7.90. The Morgan fingerprint density at radius 3 is 2.08 bits per heavy atom. The molecule has 1 N–H and O–H groups in total. The standard InChI is InChI=1S/C17H16F3N3O3/c18-17(19,20)15-11-13(23(25)26)3-6-16(15)22-9-7-21(8-10-22)12-1-4-14(24)5-2-12/h1-6,11,24H,7-10H2. The van der Waals surface area contributed by atoms with Crippen molar-refractivity contribution in [1.82, 2.24) is 0 Å². The number of piperazine rings is 1. The first kappa shape index (κ1) is 17.8. The summed E-state index contributed by atoms with van der Waals surface area (Å²) in [4.78, 5) is 13.6. The average Bonchev–Trinajstić information content (AvgIpc) is 2.61. The van der Waals surface area contributed by atoms with Gasteiger partial charge < -0.3 is 14.9 Å². The van der Waals surface area contributed by atoms with E-state index in [9.17, 15) is 28.4 Å². The van der Waals surface area contributed by atoms with Gasteiger partial charge in [-0.2, -0.15) is 13.2 Å². The lowest BCUT2D eigenvalue weighted by molar-refractivity contribution is -0.385. The SMILES string of the molecule is O=[N+]([O-])c1ccc(N2CCN(c3ccc(O)cc3)CC2)c(C(F)(F)F)c1. The van der Waals surface area contributed by atoms with Crippen molar-refractivity contribution in [3.8, 4) is 5.75 Å². The highest BCUT2D eigenvalue weighted by molar-refractivity contribution is 5.60. The summed E-state index contributed by atoms with van der Waals surface area (Å²) in [6.07, 6.45) is -4.67. The second kappa shape index (κ2) is 6.74. The monoisotopic (exact) mass is 367 g/mol. The van der Waals surface area contributed by atoms with Gasteiger partial charge in [-0.1, -0.05) is 0 Å². The van der Waals surface area contributed by atoms with E-state index >= 15 is 0 Å². The first-order valence-electron chi connectivity index (χ1n) is 7.90. The van der Waals surface area contributed by atoms with Crippen LogP contribution in [0.25, 0.3) is 0 Å². The van der Waals surface area contributed by atoms with Gasteiger partial charge >= 0.3 is 6.18 Å². The molecule has 2 aromatic rings. The molecule has 0 aliphatic carbocycles. The third-order valence-electron chi connectivity index (χ3n) is 4.33. The van der Waals surface area contributed by atoms with Crippen LogP contribution in [0.15, 0.2) is 42.5 Å². The number of anilines is 2. The summed E-state index contributed by atoms with van der Waals surface area (Å²) in [6.45, 7) is 1.70. The van der Waals surface area contributed by atoms with Crippen molar-refractivity contribution in [3.63, 3.8) is 0 Å². The summed E-state index contributed by atoms with van der Waals surface area (Å²) in [7, 11) is 0. The third kappa shape index (κ3) is 3.66. The molecule has 0 bridgehead atoms. The van der Waals surface area contributed by atoms with E-state index in [2.05, 4.69) is 0 Å². The van der Waals surface area contributed by atoms with E-state index in [1.54, 1.807) is 29.2 Å². The normalized spacial score (nSPS) is 15.2. The van der Waals surface area contributed by atoms with Gasteiger partial charge in [0.2, 0.25) is 0 Å². The molecular formula is C17H16F3N3O3. The van der Waals surface area contributed by atoms with Gasteiger partial charge in [0.25, 0.3) is 5.69 Å². The fourth-order valence-electron chi connectivity index (χ4n) is 3.01. The molecule has 0 atom stereocenters. The molecule has 0 amide bonds.